The lowest BCUT2D eigenvalue weighted by molar-refractivity contribution is 0.559. The zero-order chi connectivity index (χ0) is 80.5. The molecule has 122 heavy (non-hydrogen) atoms. The molecule has 0 saturated heterocycles. The summed E-state index contributed by atoms with van der Waals surface area (Å²) in [6, 6.07) is 136. The largest absolute Gasteiger partial charge is 0.437 e. The number of nitrogens with zero attached hydrogens (tertiary/aromatic N) is 7. The molecule has 0 radical (unpaired) electrons. The summed E-state index contributed by atoms with van der Waals surface area (Å²) in [5.74, 6) is 4.73. The SMILES string of the molecule is CC1(C)c2ccccc2-c2cc3c(cc21)c1ccccc1n3-c1ccc(-c2nc3ccccc3s2)o1.c1ccc(-n2c3ccccc3c3cc4c(cc32)c2ccccc2n4-c2ccc(-c3nc4ccccc4s3)o2)cc1.c1ccc(C2(c3ccccc3)c3ccccc3-c3cc4c(cc32)c2ccccc2n4-c2ccc(-c3nc4ccccc4s3)o2)cc1. The number of hydrogen-bond acceptors (Lipinski definition) is 9. The molecule has 0 N–H and O–H groups in total. The average Bonchev–Trinajstić information content (AvgIpc) is 1.48. The van der Waals surface area contributed by atoms with Gasteiger partial charge in [-0.05, 0) is 183 Å². The monoisotopic (exact) mass is 1620 g/mol. The Labute approximate surface area is 711 Å². The summed E-state index contributed by atoms with van der Waals surface area (Å²) in [4.78, 5) is 14.5. The van der Waals surface area contributed by atoms with Crippen molar-refractivity contribution in [3.63, 3.8) is 0 Å². The summed E-state index contributed by atoms with van der Waals surface area (Å²) in [5.41, 5.74) is 25.9. The molecule has 0 atom stereocenters. The number of para-hydroxylation sites is 8. The third-order valence-corrected chi connectivity index (χ3v) is 28.2. The Balaban J connectivity index is 0.000000102. The molecule has 2 aliphatic rings. The molecular weight excluding hydrogens is 1550 g/mol. The predicted molar refractivity (Wildman–Crippen MR) is 504 cm³/mol. The van der Waals surface area contributed by atoms with Gasteiger partial charge in [-0.3, -0.25) is 13.7 Å². The van der Waals surface area contributed by atoms with Crippen LogP contribution in [-0.2, 0) is 10.8 Å². The summed E-state index contributed by atoms with van der Waals surface area (Å²) < 4.78 is 32.3. The van der Waals surface area contributed by atoms with E-state index in [1.165, 1.54) is 114 Å². The number of thiazole rings is 3. The number of rotatable bonds is 9. The van der Waals surface area contributed by atoms with Crippen LogP contribution in [0.1, 0.15) is 47.2 Å². The number of aromatic nitrogens is 7. The fourth-order valence-corrected chi connectivity index (χ4v) is 22.5. The van der Waals surface area contributed by atoms with Crippen LogP contribution >= 0.6 is 34.0 Å². The van der Waals surface area contributed by atoms with Crippen LogP contribution in [0.25, 0.3) is 196 Å². The zero-order valence-electron chi connectivity index (χ0n) is 66.0. The van der Waals surface area contributed by atoms with E-state index in [1.54, 1.807) is 34.0 Å². The minimum atomic E-state index is -0.448. The quantitative estimate of drug-likeness (QED) is 0.143. The second-order valence-corrected chi connectivity index (χ2v) is 35.1. The molecule has 10 nitrogen and oxygen atoms in total. The first-order valence-corrected chi connectivity index (χ1v) is 43.5. The maximum absolute atomic E-state index is 6.64. The van der Waals surface area contributed by atoms with E-state index < -0.39 is 5.41 Å². The molecule has 13 heteroatoms. The van der Waals surface area contributed by atoms with Crippen molar-refractivity contribution < 1.29 is 13.3 Å². The van der Waals surface area contributed by atoms with Crippen LogP contribution in [0, 0.1) is 0 Å². The Morgan fingerprint density at radius 2 is 0.557 bits per heavy atom. The molecule has 0 bridgehead atoms. The molecule has 0 aliphatic heterocycles. The molecule has 15 aromatic carbocycles. The zero-order valence-corrected chi connectivity index (χ0v) is 68.4. The molecule has 0 amide bonds. The lowest BCUT2D eigenvalue weighted by atomic mass is 9.67. The van der Waals surface area contributed by atoms with E-state index in [1.807, 2.05) is 60.7 Å². The van der Waals surface area contributed by atoms with E-state index in [4.69, 9.17) is 28.2 Å². The highest BCUT2D eigenvalue weighted by atomic mass is 32.1. The highest BCUT2D eigenvalue weighted by Crippen LogP contribution is 2.58. The maximum Gasteiger partial charge on any atom is 0.205 e. The molecule has 0 fully saturated rings. The second kappa shape index (κ2) is 27.3. The third-order valence-electron chi connectivity index (χ3n) is 25.1. The Hall–Kier alpha value is -15.0. The Morgan fingerprint density at radius 3 is 0.992 bits per heavy atom. The summed E-state index contributed by atoms with van der Waals surface area (Å²) in [5, 5.41) is 12.4. The summed E-state index contributed by atoms with van der Waals surface area (Å²) >= 11 is 4.98. The number of hydrogen-bond donors (Lipinski definition) is 0. The number of furan rings is 3. The van der Waals surface area contributed by atoms with Gasteiger partial charge in [-0.2, -0.15) is 0 Å². The highest BCUT2D eigenvalue weighted by Gasteiger charge is 2.47. The van der Waals surface area contributed by atoms with Gasteiger partial charge in [0.2, 0.25) is 17.7 Å². The van der Waals surface area contributed by atoms with Crippen LogP contribution in [0.4, 0.5) is 0 Å². The van der Waals surface area contributed by atoms with Crippen molar-refractivity contribution >= 4 is 152 Å². The second-order valence-electron chi connectivity index (χ2n) is 32.0. The van der Waals surface area contributed by atoms with Crippen LogP contribution in [0.5, 0.6) is 0 Å². The topological polar surface area (TPSA) is 97.8 Å². The van der Waals surface area contributed by atoms with Gasteiger partial charge < -0.3 is 17.8 Å². The van der Waals surface area contributed by atoms with Gasteiger partial charge in [0.05, 0.1) is 80.2 Å². The van der Waals surface area contributed by atoms with Gasteiger partial charge in [-0.15, -0.1) is 34.0 Å². The molecule has 25 aromatic rings. The van der Waals surface area contributed by atoms with E-state index in [0.717, 1.165) is 115 Å². The fourth-order valence-electron chi connectivity index (χ4n) is 19.7. The maximum atomic E-state index is 6.64. The first-order valence-electron chi connectivity index (χ1n) is 41.1. The van der Waals surface area contributed by atoms with Crippen molar-refractivity contribution in [3.8, 4) is 77.9 Å². The first kappa shape index (κ1) is 70.1. The summed E-state index contributed by atoms with van der Waals surface area (Å²) in [6.45, 7) is 4.67. The van der Waals surface area contributed by atoms with Gasteiger partial charge in [-0.25, -0.2) is 15.0 Å². The normalized spacial score (nSPS) is 13.1. The lowest BCUT2D eigenvalue weighted by Crippen LogP contribution is -2.28. The molecule has 0 spiro atoms. The third kappa shape index (κ3) is 10.6. The van der Waals surface area contributed by atoms with Gasteiger partial charge in [-0.1, -0.05) is 250 Å². The standard InChI is InChI=1S/C42H26N2OS.C35H21N3OS.C32H22N2OS/c1-3-13-27(14-4-1)42(28-15-5-2-6-16-28)33-19-9-7-17-29(33)31-26-37-32(25-34(31)42)30-18-8-11-21-36(30)44(37)40-24-23-38(45-40)41-43-35-20-10-12-22-39(35)46-41;1-2-10-22(11-3-1)37-28-15-7-4-12-23(28)25-21-31-26(20-30(25)37)24-13-5-8-16-29(24)38(31)34-19-18-32(39-34)35-36-27-14-6-9-17-33(27)40-35;1-32(2)23-11-5-3-9-19(23)21-18-27-22(17-24(21)32)20-10-4-7-13-26(20)34(27)30-16-15-28(35-30)31-33-25-12-6-8-14-29(25)36-31/h1-26H;1-21H;3-18H,1-2H3. The first-order chi connectivity index (χ1) is 60.2. The smallest absolute Gasteiger partial charge is 0.205 e. The van der Waals surface area contributed by atoms with Gasteiger partial charge in [0.15, 0.2) is 32.3 Å². The average molecular weight is 1620 g/mol. The minimum Gasteiger partial charge on any atom is -0.437 e. The Morgan fingerprint density at radius 1 is 0.238 bits per heavy atom. The fraction of sp³-hybridized carbons (Fsp3) is 0.0367. The van der Waals surface area contributed by atoms with Crippen molar-refractivity contribution in [2.75, 3.05) is 0 Å². The number of fused-ring (bicyclic) bond motifs is 21. The van der Waals surface area contributed by atoms with E-state index in [0.29, 0.717) is 0 Å². The molecular formula is C109H69N7O3S3. The van der Waals surface area contributed by atoms with E-state index in [-0.39, 0.29) is 5.41 Å². The number of benzene rings is 15. The van der Waals surface area contributed by atoms with Crippen molar-refractivity contribution in [2.24, 2.45) is 0 Å². The molecule has 0 unspecified atom stereocenters. The van der Waals surface area contributed by atoms with E-state index in [9.17, 15) is 0 Å². The lowest BCUT2D eigenvalue weighted by Gasteiger charge is -2.33. The van der Waals surface area contributed by atoms with Gasteiger partial charge >= 0.3 is 0 Å². The van der Waals surface area contributed by atoms with Crippen LogP contribution in [-0.4, -0.2) is 33.2 Å². The van der Waals surface area contributed by atoms with Crippen LogP contribution < -0.4 is 0 Å². The van der Waals surface area contributed by atoms with Gasteiger partial charge in [0.1, 0.15) is 0 Å². The molecule has 27 rings (SSSR count). The van der Waals surface area contributed by atoms with Gasteiger partial charge in [0, 0.05) is 72.4 Å². The van der Waals surface area contributed by atoms with E-state index in [2.05, 4.69) is 354 Å². The predicted octanol–water partition coefficient (Wildman–Crippen LogP) is 29.7. The minimum absolute atomic E-state index is 0.0337. The molecule has 0 saturated carbocycles. The molecule has 10 aromatic heterocycles. The molecule has 10 heterocycles. The highest BCUT2D eigenvalue weighted by molar-refractivity contribution is 7.22. The summed E-state index contributed by atoms with van der Waals surface area (Å²) in [6.07, 6.45) is 0. The Bertz CT molecular complexity index is 8390. The van der Waals surface area contributed by atoms with E-state index >= 15 is 0 Å². The van der Waals surface area contributed by atoms with Crippen LogP contribution in [0.2, 0.25) is 0 Å². The van der Waals surface area contributed by atoms with Gasteiger partial charge in [0.25, 0.3) is 0 Å². The van der Waals surface area contributed by atoms with Crippen molar-refractivity contribution in [2.45, 2.75) is 24.7 Å². The summed E-state index contributed by atoms with van der Waals surface area (Å²) in [7, 11) is 0. The van der Waals surface area contributed by atoms with Crippen molar-refractivity contribution in [1.29, 1.82) is 0 Å². The van der Waals surface area contributed by atoms with Crippen LogP contribution in [0.15, 0.2) is 395 Å². The Kier molecular flexibility index (Phi) is 15.7. The van der Waals surface area contributed by atoms with Crippen LogP contribution in [0.3, 0.4) is 0 Å². The molecule has 2 aliphatic carbocycles. The molecule has 576 valence electrons. The van der Waals surface area contributed by atoms with Crippen molar-refractivity contribution in [1.82, 2.24) is 33.2 Å². The van der Waals surface area contributed by atoms with Crippen molar-refractivity contribution in [3.05, 3.63) is 416 Å².